The third kappa shape index (κ3) is 5.91. The van der Waals surface area contributed by atoms with Crippen molar-refractivity contribution >= 4 is 209 Å². The van der Waals surface area contributed by atoms with E-state index in [1.54, 1.807) is 0 Å². The smallest absolute Gasteiger partial charge is 0.0946 e. The Morgan fingerprint density at radius 3 is 1.00 bits per heavy atom. The Bertz CT molecular complexity index is 656. The predicted octanol–water partition coefficient (Wildman–Crippen LogP) is 11.8. The second-order valence-electron chi connectivity index (χ2n) is 4.57. The van der Waals surface area contributed by atoms with Crippen molar-refractivity contribution in [2.45, 2.75) is 25.5 Å². The van der Waals surface area contributed by atoms with Gasteiger partial charge in [-0.05, 0) is 0 Å². The van der Waals surface area contributed by atoms with Crippen molar-refractivity contribution in [3.63, 3.8) is 0 Å². The van der Waals surface area contributed by atoms with Crippen LogP contribution in [0.4, 0.5) is 0 Å². The molecule has 0 rings (SSSR count). The van der Waals surface area contributed by atoms with Gasteiger partial charge in [-0.25, -0.2) is 0 Å². The van der Waals surface area contributed by atoms with E-state index in [0.29, 0.717) is 0 Å². The van der Waals surface area contributed by atoms with Crippen LogP contribution in [0.15, 0.2) is 19.6 Å². The highest BCUT2D eigenvalue weighted by atomic mass is 35.6. The summed E-state index contributed by atoms with van der Waals surface area (Å²) in [6.45, 7) is 0. The fourth-order valence-corrected chi connectivity index (χ4v) is 5.98. The normalized spacial score (nSPS) is 16.1. The van der Waals surface area contributed by atoms with Crippen molar-refractivity contribution in [2.24, 2.45) is 0 Å². The maximum absolute atomic E-state index is 6.20. The Kier molecular flexibility index (Phi) is 12.6. The maximum Gasteiger partial charge on any atom is 0.226 e. The molecule has 0 N–H and O–H groups in total. The molecule has 0 radical (unpaired) electrons. The minimum Gasteiger partial charge on any atom is -0.0946 e. The zero-order valence-corrected chi connectivity index (χ0v) is 25.4. The Balaban J connectivity index is 6.73. The molecule has 0 aromatic carbocycles. The lowest BCUT2D eigenvalue weighted by Gasteiger charge is -2.50. The van der Waals surface area contributed by atoms with Gasteiger partial charge in [0.15, 0.2) is 17.3 Å². The molecule has 0 bridgehead atoms. The van der Waals surface area contributed by atoms with Crippen LogP contribution in [0.1, 0.15) is 0 Å². The van der Waals surface area contributed by atoms with Gasteiger partial charge in [-0.2, -0.15) is 0 Å². The predicted molar refractivity (Wildman–Crippen MR) is 136 cm³/mol. The van der Waals surface area contributed by atoms with Gasteiger partial charge in [0.25, 0.3) is 0 Å². The summed E-state index contributed by atoms with van der Waals surface area (Å²) in [5.41, 5.74) is 0. The Morgan fingerprint density at radius 1 is 0.393 bits per heavy atom. The van der Waals surface area contributed by atoms with Gasteiger partial charge in [-0.15, -0.1) is 0 Å². The molecule has 0 aliphatic rings. The van der Waals surface area contributed by atoms with Gasteiger partial charge in [0.05, 0.1) is 15.1 Å². The summed E-state index contributed by atoms with van der Waals surface area (Å²) in [5, 5.41) is -1.81. The quantitative estimate of drug-likeness (QED) is 0.187. The molecule has 0 atom stereocenters. The largest absolute Gasteiger partial charge is 0.226 e. The standard InChI is InChI=1S/C10Cl18/c11-1(2(12)4(14)15)3(13)5(16,17)6(18,19)7(20,21)8(22,23)9(24,25)10(26,27)28. The third-order valence-electron chi connectivity index (χ3n) is 2.76. The molecule has 0 heterocycles. The molecule has 0 aromatic heterocycles. The molecule has 0 aromatic rings. The SMILES string of the molecule is ClC(Cl)=C(Cl)C(Cl)=C(Cl)C(Cl)(Cl)C(Cl)(Cl)C(Cl)(Cl)C(Cl)(Cl)C(Cl)(Cl)C(Cl)(Cl)Cl. The lowest BCUT2D eigenvalue weighted by molar-refractivity contribution is 0.518. The average molecular weight is 758 g/mol. The van der Waals surface area contributed by atoms with Gasteiger partial charge in [0.1, 0.15) is 4.49 Å². The van der Waals surface area contributed by atoms with E-state index < -0.39 is 45.0 Å². The van der Waals surface area contributed by atoms with E-state index in [4.69, 9.17) is 209 Å². The molecule has 0 unspecified atom stereocenters. The molecule has 28 heavy (non-hydrogen) atoms. The summed E-state index contributed by atoms with van der Waals surface area (Å²) in [6, 6.07) is 0. The first-order valence-corrected chi connectivity index (χ1v) is 12.5. The topological polar surface area (TPSA) is 0 Å². The summed E-state index contributed by atoms with van der Waals surface area (Å²) >= 11 is 107. The van der Waals surface area contributed by atoms with Gasteiger partial charge in [-0.1, -0.05) is 209 Å². The van der Waals surface area contributed by atoms with E-state index >= 15 is 0 Å². The van der Waals surface area contributed by atoms with E-state index in [0.717, 1.165) is 0 Å². The fraction of sp³-hybridized carbons (Fsp3) is 0.600. The number of hydrogen-bond acceptors (Lipinski definition) is 0. The van der Waals surface area contributed by atoms with E-state index in [-0.39, 0.29) is 0 Å². The minimum absolute atomic E-state index is 0.479. The van der Waals surface area contributed by atoms with Crippen LogP contribution in [0, 0.1) is 0 Å². The fourth-order valence-electron chi connectivity index (χ4n) is 1.22. The van der Waals surface area contributed by atoms with Crippen LogP contribution in [0.5, 0.6) is 0 Å². The average Bonchev–Trinajstić information content (AvgIpc) is 2.50. The van der Waals surface area contributed by atoms with E-state index in [2.05, 4.69) is 0 Å². The lowest BCUT2D eigenvalue weighted by atomic mass is 10.1. The first-order chi connectivity index (χ1) is 11.9. The van der Waals surface area contributed by atoms with Gasteiger partial charge in [0.2, 0.25) is 8.13 Å². The summed E-state index contributed by atoms with van der Waals surface area (Å²) < 4.78 is -17.2. The molecule has 0 nitrogen and oxygen atoms in total. The molecule has 0 fully saturated rings. The highest BCUT2D eigenvalue weighted by Gasteiger charge is 2.77. The van der Waals surface area contributed by atoms with E-state index in [1.165, 1.54) is 0 Å². The molecule has 0 spiro atoms. The van der Waals surface area contributed by atoms with Crippen molar-refractivity contribution < 1.29 is 0 Å². The number of hydrogen-bond donors (Lipinski definition) is 0. The van der Waals surface area contributed by atoms with Crippen molar-refractivity contribution in [2.75, 3.05) is 0 Å². The van der Waals surface area contributed by atoms with Crippen LogP contribution >= 0.6 is 209 Å². The molecule has 0 amide bonds. The van der Waals surface area contributed by atoms with Gasteiger partial charge >= 0.3 is 0 Å². The zero-order valence-electron chi connectivity index (χ0n) is 11.8. The Hall–Kier alpha value is 4.70. The second kappa shape index (κ2) is 10.8. The van der Waals surface area contributed by atoms with Crippen molar-refractivity contribution in [3.05, 3.63) is 19.6 Å². The first kappa shape index (κ1) is 32.7. The van der Waals surface area contributed by atoms with Crippen molar-refractivity contribution in [1.82, 2.24) is 0 Å². The summed E-state index contributed by atoms with van der Waals surface area (Å²) in [7, 11) is 0. The summed E-state index contributed by atoms with van der Waals surface area (Å²) in [5.74, 6) is 0. The molecule has 0 aliphatic heterocycles. The molecular weight excluding hydrogens is 758 g/mol. The minimum atomic E-state index is -2.92. The Morgan fingerprint density at radius 2 is 0.714 bits per heavy atom. The highest BCUT2D eigenvalue weighted by molar-refractivity contribution is 6.82. The van der Waals surface area contributed by atoms with Crippen LogP contribution in [0.3, 0.4) is 0 Å². The van der Waals surface area contributed by atoms with Gasteiger partial charge in [0, 0.05) is 0 Å². The molecule has 0 saturated carbocycles. The van der Waals surface area contributed by atoms with Crippen LogP contribution in [-0.2, 0) is 0 Å². The zero-order chi connectivity index (χ0) is 23.3. The van der Waals surface area contributed by atoms with E-state index in [1.807, 2.05) is 0 Å². The third-order valence-corrected chi connectivity index (χ3v) is 13.4. The van der Waals surface area contributed by atoms with E-state index in [9.17, 15) is 0 Å². The number of halogens is 18. The number of rotatable bonds is 6. The molecule has 18 heteroatoms. The van der Waals surface area contributed by atoms with Gasteiger partial charge in [-0.3, -0.25) is 0 Å². The highest BCUT2D eigenvalue weighted by Crippen LogP contribution is 2.70. The Labute approximate surface area is 250 Å². The first-order valence-electron chi connectivity index (χ1n) is 5.65. The second-order valence-corrected chi connectivity index (χ2v) is 15.6. The lowest BCUT2D eigenvalue weighted by Crippen LogP contribution is -2.65. The van der Waals surface area contributed by atoms with Crippen LogP contribution in [0.25, 0.3) is 0 Å². The summed E-state index contributed by atoms with van der Waals surface area (Å²) in [6.07, 6.45) is 0. The monoisotopic (exact) mass is 749 g/mol. The summed E-state index contributed by atoms with van der Waals surface area (Å²) in [4.78, 5) is 0. The molecular formula is C10Cl18. The van der Waals surface area contributed by atoms with Crippen LogP contribution < -0.4 is 0 Å². The van der Waals surface area contributed by atoms with Gasteiger partial charge < -0.3 is 0 Å². The maximum atomic E-state index is 6.20. The van der Waals surface area contributed by atoms with Crippen molar-refractivity contribution in [3.8, 4) is 0 Å². The number of alkyl halides is 13. The molecule has 0 saturated heterocycles. The van der Waals surface area contributed by atoms with Crippen molar-refractivity contribution in [1.29, 1.82) is 0 Å². The van der Waals surface area contributed by atoms with Crippen LogP contribution in [0.2, 0.25) is 0 Å². The molecule has 166 valence electrons. The molecule has 0 aliphatic carbocycles. The number of allylic oxidation sites excluding steroid dienone is 3. The van der Waals surface area contributed by atoms with Crippen LogP contribution in [-0.4, -0.2) is 25.5 Å².